The maximum Gasteiger partial charge on any atom is 0.294 e. The maximum atomic E-state index is 13.5. The average Bonchev–Trinajstić information content (AvgIpc) is 2.89. The Hall–Kier alpha value is -3.25. The van der Waals surface area contributed by atoms with Gasteiger partial charge in [-0.05, 0) is 31.9 Å². The molecule has 0 saturated carbocycles. The Morgan fingerprint density at radius 1 is 1.22 bits per heavy atom. The highest BCUT2D eigenvalue weighted by atomic mass is 79.9. The zero-order valence-corrected chi connectivity index (χ0v) is 21.8. The number of nitro groups is 1. The normalized spacial score (nSPS) is 20.1. The van der Waals surface area contributed by atoms with Crippen molar-refractivity contribution in [2.24, 2.45) is 0 Å². The van der Waals surface area contributed by atoms with Gasteiger partial charge in [-0.1, -0.05) is 15.9 Å². The number of ether oxygens (including phenoxy) is 1. The number of halogens is 1. The number of amides is 2. The number of hydrogen-bond acceptors (Lipinski definition) is 8. The van der Waals surface area contributed by atoms with Crippen molar-refractivity contribution < 1.29 is 19.2 Å². The van der Waals surface area contributed by atoms with Crippen molar-refractivity contribution in [3.05, 3.63) is 56.3 Å². The van der Waals surface area contributed by atoms with E-state index in [1.165, 1.54) is 12.3 Å². The van der Waals surface area contributed by atoms with Gasteiger partial charge < -0.3 is 25.2 Å². The number of carbonyl (C=O) groups is 2. The van der Waals surface area contributed by atoms with Crippen molar-refractivity contribution in [3.8, 4) is 0 Å². The Bertz CT molecular complexity index is 1160. The highest BCUT2D eigenvalue weighted by Crippen LogP contribution is 2.35. The third-order valence-corrected chi connectivity index (χ3v) is 6.93. The van der Waals surface area contributed by atoms with Crippen molar-refractivity contribution in [2.45, 2.75) is 31.8 Å². The number of carbonyl (C=O) groups excluding carboxylic acids is 2. The standard InChI is InChI=1S/C24H29BrN6O5/c1-15-14-36-7-6-30(15)24(33)20-9-17(25)10-21(31(34)35)22(20)28-18-4-3-5-29(13-18)23(32)16-8-19(26-2)12-27-11-16/h8-12,15,18,26,28H,3-7,13-14H2,1-2H3/t15-,18-/m1/s1. The van der Waals surface area contributed by atoms with E-state index in [9.17, 15) is 19.7 Å². The Balaban J connectivity index is 1.60. The van der Waals surface area contributed by atoms with Gasteiger partial charge in [-0.25, -0.2) is 0 Å². The van der Waals surface area contributed by atoms with Crippen LogP contribution >= 0.6 is 15.9 Å². The number of benzene rings is 1. The fourth-order valence-corrected chi connectivity index (χ4v) is 5.05. The molecule has 3 heterocycles. The van der Waals surface area contributed by atoms with Crippen LogP contribution in [0.4, 0.5) is 17.1 Å². The molecule has 2 aliphatic rings. The van der Waals surface area contributed by atoms with Crippen LogP contribution in [0, 0.1) is 10.1 Å². The Labute approximate surface area is 217 Å². The summed E-state index contributed by atoms with van der Waals surface area (Å²) in [7, 11) is 1.76. The van der Waals surface area contributed by atoms with E-state index in [2.05, 4.69) is 31.5 Å². The predicted octanol–water partition coefficient (Wildman–Crippen LogP) is 3.37. The molecule has 0 radical (unpaired) electrons. The lowest BCUT2D eigenvalue weighted by Gasteiger charge is -2.35. The molecule has 0 unspecified atom stereocenters. The zero-order chi connectivity index (χ0) is 25.8. The molecule has 2 N–H and O–H groups in total. The van der Waals surface area contributed by atoms with Gasteiger partial charge in [-0.2, -0.15) is 0 Å². The van der Waals surface area contributed by atoms with Gasteiger partial charge in [-0.15, -0.1) is 0 Å². The van der Waals surface area contributed by atoms with E-state index in [4.69, 9.17) is 4.74 Å². The highest BCUT2D eigenvalue weighted by molar-refractivity contribution is 9.10. The van der Waals surface area contributed by atoms with Crippen molar-refractivity contribution in [3.63, 3.8) is 0 Å². The van der Waals surface area contributed by atoms with E-state index in [1.54, 1.807) is 35.2 Å². The number of anilines is 2. The first-order valence-electron chi connectivity index (χ1n) is 11.8. The van der Waals surface area contributed by atoms with Gasteiger partial charge in [0.05, 0.1) is 41.0 Å². The number of piperidine rings is 1. The van der Waals surface area contributed by atoms with E-state index in [0.29, 0.717) is 49.3 Å². The maximum absolute atomic E-state index is 13.5. The lowest BCUT2D eigenvalue weighted by Crippen LogP contribution is -2.48. The third kappa shape index (κ3) is 5.59. The summed E-state index contributed by atoms with van der Waals surface area (Å²) in [4.78, 5) is 45.7. The molecule has 0 bridgehead atoms. The molecule has 36 heavy (non-hydrogen) atoms. The van der Waals surface area contributed by atoms with Gasteiger partial charge in [0.15, 0.2) is 0 Å². The number of hydrogen-bond donors (Lipinski definition) is 2. The van der Waals surface area contributed by atoms with Crippen molar-refractivity contribution in [1.29, 1.82) is 0 Å². The highest BCUT2D eigenvalue weighted by Gasteiger charge is 2.33. The van der Waals surface area contributed by atoms with Gasteiger partial charge in [-0.3, -0.25) is 24.7 Å². The minimum Gasteiger partial charge on any atom is -0.387 e. The first-order chi connectivity index (χ1) is 17.3. The molecule has 1 aromatic heterocycles. The van der Waals surface area contributed by atoms with Gasteiger partial charge in [0, 0.05) is 55.7 Å². The summed E-state index contributed by atoms with van der Waals surface area (Å²) in [6.45, 7) is 4.04. The summed E-state index contributed by atoms with van der Waals surface area (Å²) in [6, 6.07) is 4.33. The minimum atomic E-state index is -0.493. The van der Waals surface area contributed by atoms with E-state index in [0.717, 1.165) is 12.1 Å². The van der Waals surface area contributed by atoms with Crippen LogP contribution in [0.25, 0.3) is 0 Å². The molecule has 2 aromatic rings. The SMILES string of the molecule is CNc1cncc(C(=O)N2CCC[C@@H](Nc3c(C(=O)N4CCOC[C@H]4C)cc(Br)cc3[N+](=O)[O-])C2)c1. The molecule has 1 aromatic carbocycles. The largest absolute Gasteiger partial charge is 0.387 e. The van der Waals surface area contributed by atoms with Gasteiger partial charge in [0.25, 0.3) is 17.5 Å². The van der Waals surface area contributed by atoms with Crippen LogP contribution in [0.2, 0.25) is 0 Å². The third-order valence-electron chi connectivity index (χ3n) is 6.47. The Morgan fingerprint density at radius 2 is 2.03 bits per heavy atom. The summed E-state index contributed by atoms with van der Waals surface area (Å²) >= 11 is 3.32. The topological polar surface area (TPSA) is 130 Å². The van der Waals surface area contributed by atoms with Gasteiger partial charge >= 0.3 is 0 Å². The van der Waals surface area contributed by atoms with Crippen LogP contribution < -0.4 is 10.6 Å². The fourth-order valence-electron chi connectivity index (χ4n) is 4.60. The monoisotopic (exact) mass is 560 g/mol. The quantitative estimate of drug-likeness (QED) is 0.406. The van der Waals surface area contributed by atoms with Crippen LogP contribution in [0.1, 0.15) is 40.5 Å². The smallest absolute Gasteiger partial charge is 0.294 e. The van der Waals surface area contributed by atoms with E-state index in [-0.39, 0.29) is 40.8 Å². The van der Waals surface area contributed by atoms with Crippen LogP contribution in [-0.2, 0) is 4.74 Å². The first kappa shape index (κ1) is 25.8. The second-order valence-corrected chi connectivity index (χ2v) is 9.89. The first-order valence-corrected chi connectivity index (χ1v) is 12.6. The Kier molecular flexibility index (Phi) is 8.04. The number of nitrogens with one attached hydrogen (secondary N) is 2. The molecule has 12 heteroatoms. The molecule has 2 amide bonds. The second-order valence-electron chi connectivity index (χ2n) is 8.97. The van der Waals surface area contributed by atoms with E-state index < -0.39 is 4.92 Å². The summed E-state index contributed by atoms with van der Waals surface area (Å²) in [5.41, 5.74) is 1.40. The summed E-state index contributed by atoms with van der Waals surface area (Å²) in [5, 5.41) is 18.2. The van der Waals surface area contributed by atoms with Crippen LogP contribution in [-0.4, -0.2) is 83.5 Å². The summed E-state index contributed by atoms with van der Waals surface area (Å²) in [6.07, 6.45) is 4.59. The molecule has 192 valence electrons. The van der Waals surface area contributed by atoms with Crippen LogP contribution in [0.3, 0.4) is 0 Å². The number of nitrogens with zero attached hydrogens (tertiary/aromatic N) is 4. The molecular formula is C24H29BrN6O5. The van der Waals surface area contributed by atoms with Crippen LogP contribution in [0.15, 0.2) is 35.1 Å². The predicted molar refractivity (Wildman–Crippen MR) is 138 cm³/mol. The second kappa shape index (κ2) is 11.2. The molecule has 2 fully saturated rings. The lowest BCUT2D eigenvalue weighted by molar-refractivity contribution is -0.384. The number of rotatable bonds is 6. The number of nitro benzene ring substituents is 1. The van der Waals surface area contributed by atoms with Crippen molar-refractivity contribution in [1.82, 2.24) is 14.8 Å². The van der Waals surface area contributed by atoms with Crippen molar-refractivity contribution >= 4 is 44.8 Å². The summed E-state index contributed by atoms with van der Waals surface area (Å²) < 4.78 is 5.89. The zero-order valence-electron chi connectivity index (χ0n) is 20.2. The van der Waals surface area contributed by atoms with Crippen molar-refractivity contribution in [2.75, 3.05) is 50.5 Å². The molecule has 0 spiro atoms. The fraction of sp³-hybridized carbons (Fsp3) is 0.458. The molecule has 11 nitrogen and oxygen atoms in total. The summed E-state index contributed by atoms with van der Waals surface area (Å²) in [5.74, 6) is -0.453. The number of pyridine rings is 1. The average molecular weight is 561 g/mol. The van der Waals surface area contributed by atoms with Gasteiger partial charge in [0.1, 0.15) is 5.69 Å². The molecular weight excluding hydrogens is 532 g/mol. The van der Waals surface area contributed by atoms with Gasteiger partial charge in [0.2, 0.25) is 0 Å². The number of aromatic nitrogens is 1. The molecule has 2 aliphatic heterocycles. The van der Waals surface area contributed by atoms with E-state index >= 15 is 0 Å². The Morgan fingerprint density at radius 3 is 2.75 bits per heavy atom. The lowest BCUT2D eigenvalue weighted by atomic mass is 10.0. The number of likely N-dealkylation sites (tertiary alicyclic amines) is 1. The molecule has 0 aliphatic carbocycles. The molecule has 2 saturated heterocycles. The minimum absolute atomic E-state index is 0.151. The van der Waals surface area contributed by atoms with E-state index in [1.807, 2.05) is 6.92 Å². The number of morpholine rings is 1. The molecule has 4 rings (SSSR count). The molecule has 2 atom stereocenters. The van der Waals surface area contributed by atoms with Crippen LogP contribution in [0.5, 0.6) is 0 Å².